The second kappa shape index (κ2) is 6.14. The maximum Gasteiger partial charge on any atom is 0.229 e. The number of rotatable bonds is 4. The van der Waals surface area contributed by atoms with Crippen LogP contribution in [0.4, 0.5) is 11.5 Å². The number of nitrogens with one attached hydrogen (secondary N) is 2. The monoisotopic (exact) mass is 355 g/mol. The van der Waals surface area contributed by atoms with E-state index in [1.807, 2.05) is 42.3 Å². The highest BCUT2D eigenvalue weighted by atomic mass is 32.2. The quantitative estimate of drug-likeness (QED) is 0.553. The van der Waals surface area contributed by atoms with Crippen LogP contribution in [0.5, 0.6) is 0 Å². The van der Waals surface area contributed by atoms with Gasteiger partial charge < -0.3 is 4.90 Å². The summed E-state index contributed by atoms with van der Waals surface area (Å²) < 4.78 is 25.0. The van der Waals surface area contributed by atoms with E-state index in [1.54, 1.807) is 6.07 Å². The second-order valence-corrected chi connectivity index (χ2v) is 7.62. The van der Waals surface area contributed by atoms with Crippen LogP contribution in [-0.4, -0.2) is 37.6 Å². The van der Waals surface area contributed by atoms with Gasteiger partial charge in [0.2, 0.25) is 5.62 Å². The lowest BCUT2D eigenvalue weighted by molar-refractivity contribution is 0.602. The van der Waals surface area contributed by atoms with Crippen molar-refractivity contribution in [3.63, 3.8) is 0 Å². The van der Waals surface area contributed by atoms with Gasteiger partial charge in [0.15, 0.2) is 9.84 Å². The average molecular weight is 355 g/mol. The third-order valence-electron chi connectivity index (χ3n) is 3.93. The van der Waals surface area contributed by atoms with E-state index in [0.29, 0.717) is 16.7 Å². The summed E-state index contributed by atoms with van der Waals surface area (Å²) in [5.41, 5.74) is 1.18. The predicted molar refractivity (Wildman–Crippen MR) is 97.4 cm³/mol. The summed E-state index contributed by atoms with van der Waals surface area (Å²) in [5, 5.41) is 16.3. The van der Waals surface area contributed by atoms with Crippen molar-refractivity contribution in [1.29, 1.82) is 10.8 Å². The molecule has 0 amide bonds. The number of aromatic nitrogens is 2. The summed E-state index contributed by atoms with van der Waals surface area (Å²) in [6.45, 7) is 0. The zero-order valence-electron chi connectivity index (χ0n) is 13.8. The number of sulfone groups is 1. The first kappa shape index (κ1) is 16.8. The molecule has 0 aliphatic carbocycles. The molecule has 7 nitrogen and oxygen atoms in total. The third kappa shape index (κ3) is 3.03. The number of benzene rings is 2. The molecule has 0 unspecified atom stereocenters. The Morgan fingerprint density at radius 3 is 2.44 bits per heavy atom. The van der Waals surface area contributed by atoms with Crippen LogP contribution in [0, 0.1) is 10.8 Å². The lowest BCUT2D eigenvalue weighted by Crippen LogP contribution is -2.26. The summed E-state index contributed by atoms with van der Waals surface area (Å²) in [6.07, 6.45) is 2.08. The second-order valence-electron chi connectivity index (χ2n) is 5.60. The molecule has 0 spiro atoms. The van der Waals surface area contributed by atoms with Gasteiger partial charge in [-0.2, -0.15) is 4.98 Å². The Bertz CT molecular complexity index is 1120. The van der Waals surface area contributed by atoms with E-state index in [1.165, 1.54) is 16.7 Å². The Hall–Kier alpha value is -3.00. The number of para-hydroxylation sites is 1. The van der Waals surface area contributed by atoms with Crippen LogP contribution in [-0.2, 0) is 9.84 Å². The highest BCUT2D eigenvalue weighted by Gasteiger charge is 2.16. The zero-order chi connectivity index (χ0) is 18.2. The Balaban J connectivity index is 2.35. The summed E-state index contributed by atoms with van der Waals surface area (Å²) in [6, 6.07) is 14.2. The van der Waals surface area contributed by atoms with Crippen LogP contribution in [0.25, 0.3) is 10.9 Å². The molecule has 25 heavy (non-hydrogen) atoms. The normalized spacial score (nSPS) is 11.4. The van der Waals surface area contributed by atoms with E-state index in [0.717, 1.165) is 18.3 Å². The molecule has 8 heteroatoms. The van der Waals surface area contributed by atoms with Crippen LogP contribution in [0.2, 0.25) is 0 Å². The summed E-state index contributed by atoms with van der Waals surface area (Å²) >= 11 is 0. The van der Waals surface area contributed by atoms with Crippen LogP contribution >= 0.6 is 0 Å². The van der Waals surface area contributed by atoms with Gasteiger partial charge in [-0.15, -0.1) is 0 Å². The molecule has 0 fully saturated rings. The van der Waals surface area contributed by atoms with Crippen LogP contribution in [0.3, 0.4) is 0 Å². The minimum atomic E-state index is -3.40. The molecule has 1 aromatic heterocycles. The van der Waals surface area contributed by atoms with Crippen molar-refractivity contribution in [3.05, 3.63) is 54.1 Å². The number of nitrogens with zero attached hydrogens (tertiary/aromatic N) is 3. The molecule has 128 valence electrons. The fourth-order valence-corrected chi connectivity index (χ4v) is 3.26. The highest BCUT2D eigenvalue weighted by Crippen LogP contribution is 2.29. The van der Waals surface area contributed by atoms with Crippen molar-refractivity contribution < 1.29 is 8.42 Å². The molecule has 0 aliphatic rings. The Labute approximate surface area is 145 Å². The number of hydrogen-bond acceptors (Lipinski definition) is 6. The zero-order valence-corrected chi connectivity index (χ0v) is 14.6. The maximum atomic E-state index is 11.9. The van der Waals surface area contributed by atoms with Gasteiger partial charge in [-0.25, -0.2) is 8.42 Å². The van der Waals surface area contributed by atoms with Gasteiger partial charge in [0, 0.05) is 24.4 Å². The van der Waals surface area contributed by atoms with E-state index in [4.69, 9.17) is 10.8 Å². The minimum Gasteiger partial charge on any atom is -0.329 e. The van der Waals surface area contributed by atoms with Gasteiger partial charge in [0.05, 0.1) is 16.8 Å². The first-order chi connectivity index (χ1) is 11.8. The smallest absolute Gasteiger partial charge is 0.229 e. The molecule has 2 aromatic carbocycles. The molecule has 3 aromatic rings. The molecule has 0 aliphatic heterocycles. The van der Waals surface area contributed by atoms with Crippen LogP contribution in [0.15, 0.2) is 53.4 Å². The molecule has 0 saturated heterocycles. The van der Waals surface area contributed by atoms with Gasteiger partial charge in [0.25, 0.3) is 0 Å². The van der Waals surface area contributed by atoms with Gasteiger partial charge in [-0.3, -0.25) is 15.4 Å². The maximum absolute atomic E-state index is 11.9. The van der Waals surface area contributed by atoms with Crippen molar-refractivity contribution >= 4 is 38.6 Å². The van der Waals surface area contributed by atoms with E-state index in [9.17, 15) is 8.42 Å². The molecule has 0 saturated carbocycles. The summed E-state index contributed by atoms with van der Waals surface area (Å²) in [5.74, 6) is 0.518. The highest BCUT2D eigenvalue weighted by molar-refractivity contribution is 7.90. The standard InChI is InChI=1S/C17H17N5O2S/c1-21(12-6-4-3-5-7-12)16-14-9-8-13(25(2,23)24)10-15(14)22(11-18)17(19)20-16/h3-11,18-19H,1-2H3. The fourth-order valence-electron chi connectivity index (χ4n) is 2.62. The predicted octanol–water partition coefficient (Wildman–Crippen LogP) is 2.14. The van der Waals surface area contributed by atoms with Gasteiger partial charge >= 0.3 is 0 Å². The molecule has 1 heterocycles. The molecule has 2 N–H and O–H groups in total. The van der Waals surface area contributed by atoms with Crippen molar-refractivity contribution in [2.45, 2.75) is 4.90 Å². The van der Waals surface area contributed by atoms with E-state index in [-0.39, 0.29) is 10.5 Å². The van der Waals surface area contributed by atoms with E-state index < -0.39 is 9.84 Å². The van der Waals surface area contributed by atoms with Gasteiger partial charge in [-0.05, 0) is 30.3 Å². The first-order valence-corrected chi connectivity index (χ1v) is 9.32. The average Bonchev–Trinajstić information content (AvgIpc) is 2.60. The third-order valence-corrected chi connectivity index (χ3v) is 5.04. The Morgan fingerprint density at radius 1 is 1.16 bits per heavy atom. The first-order valence-electron chi connectivity index (χ1n) is 7.43. The molecule has 3 rings (SSSR count). The van der Waals surface area contributed by atoms with Crippen molar-refractivity contribution in [1.82, 2.24) is 9.55 Å². The van der Waals surface area contributed by atoms with Gasteiger partial charge in [0.1, 0.15) is 5.82 Å². The topological polar surface area (TPSA) is 103 Å². The molecular formula is C17H17N5O2S. The SMILES string of the molecule is CN(c1ccccc1)c1nc(=N)n(C=N)c2cc(S(C)(=O)=O)ccc12. The Kier molecular flexibility index (Phi) is 4.13. The van der Waals surface area contributed by atoms with E-state index in [2.05, 4.69) is 4.98 Å². The lowest BCUT2D eigenvalue weighted by Gasteiger charge is -2.21. The van der Waals surface area contributed by atoms with Crippen molar-refractivity contribution in [3.8, 4) is 0 Å². The Morgan fingerprint density at radius 2 is 1.84 bits per heavy atom. The molecule has 0 bridgehead atoms. The fraction of sp³-hybridized carbons (Fsp3) is 0.118. The number of fused-ring (bicyclic) bond motifs is 1. The lowest BCUT2D eigenvalue weighted by atomic mass is 10.2. The van der Waals surface area contributed by atoms with Crippen LogP contribution < -0.4 is 10.5 Å². The number of anilines is 2. The van der Waals surface area contributed by atoms with Crippen molar-refractivity contribution in [2.24, 2.45) is 0 Å². The number of hydrogen-bond donors (Lipinski definition) is 2. The minimum absolute atomic E-state index is 0.134. The molecule has 0 radical (unpaired) electrons. The van der Waals surface area contributed by atoms with Crippen LogP contribution in [0.1, 0.15) is 0 Å². The van der Waals surface area contributed by atoms with E-state index >= 15 is 0 Å². The molecule has 0 atom stereocenters. The molecular weight excluding hydrogens is 338 g/mol. The van der Waals surface area contributed by atoms with Crippen molar-refractivity contribution in [2.75, 3.05) is 18.2 Å². The summed E-state index contributed by atoms with van der Waals surface area (Å²) in [4.78, 5) is 6.26. The van der Waals surface area contributed by atoms with Gasteiger partial charge in [-0.1, -0.05) is 18.2 Å². The largest absolute Gasteiger partial charge is 0.329 e. The summed E-state index contributed by atoms with van der Waals surface area (Å²) in [7, 11) is -1.57.